The van der Waals surface area contributed by atoms with Crippen molar-refractivity contribution in [3.8, 4) is 39.1 Å². The molecule has 0 N–H and O–H groups in total. The minimum atomic E-state index is 1.09. The summed E-state index contributed by atoms with van der Waals surface area (Å²) >= 11 is 0. The molecule has 0 aliphatic carbocycles. The van der Waals surface area contributed by atoms with E-state index in [-0.39, 0.29) is 0 Å². The molecular formula is C64H42N2. The van der Waals surface area contributed by atoms with E-state index in [0.29, 0.717) is 0 Å². The number of para-hydroxylation sites is 1. The van der Waals surface area contributed by atoms with Crippen LogP contribution in [0.3, 0.4) is 0 Å². The SMILES string of the molecule is c1ccc(-n2c3cc(-c4ccc(N(c5ccc(-c6ccc7ccccc7c6)cc5)c5ccc(-c6ccc7c(ccc8ccccc87)c6)cc5)cc4)ccc3c3ccc4ccccc4c32)cc1. The van der Waals surface area contributed by atoms with Gasteiger partial charge in [0.2, 0.25) is 0 Å². The maximum absolute atomic E-state index is 2.44. The van der Waals surface area contributed by atoms with Crippen LogP contribution >= 0.6 is 0 Å². The standard InChI is InChI=1S/C64H42N2/c1-2-14-54(15-3-1)66-63-42-52(30-38-61(63)62-39-28-48-12-7-9-17-60(48)64(62)66)46-26-35-57(36-27-46)65(55-31-22-44(23-32-55)50-20-18-43-10-4-5-13-49(43)40-50)56-33-24-45(25-34-56)51-29-37-59-53(41-51)21-19-47-11-6-8-16-58(47)59/h1-42H. The van der Waals surface area contributed by atoms with Crippen LogP contribution < -0.4 is 4.90 Å². The predicted octanol–water partition coefficient (Wildman–Crippen LogP) is 17.9. The summed E-state index contributed by atoms with van der Waals surface area (Å²) in [6.45, 7) is 0. The first kappa shape index (κ1) is 37.8. The van der Waals surface area contributed by atoms with Crippen molar-refractivity contribution in [3.05, 3.63) is 255 Å². The average molecular weight is 839 g/mol. The van der Waals surface area contributed by atoms with E-state index in [1.807, 2.05) is 0 Å². The highest BCUT2D eigenvalue weighted by atomic mass is 15.1. The summed E-state index contributed by atoms with van der Waals surface area (Å²) in [6, 6.07) is 93.3. The van der Waals surface area contributed by atoms with E-state index in [9.17, 15) is 0 Å². The van der Waals surface area contributed by atoms with Crippen molar-refractivity contribution < 1.29 is 0 Å². The summed E-state index contributed by atoms with van der Waals surface area (Å²) in [5.74, 6) is 0. The lowest BCUT2D eigenvalue weighted by molar-refractivity contribution is 1.19. The fourth-order valence-corrected chi connectivity index (χ4v) is 10.2. The summed E-state index contributed by atoms with van der Waals surface area (Å²) in [6.07, 6.45) is 0. The molecule has 0 radical (unpaired) electrons. The van der Waals surface area contributed by atoms with Crippen molar-refractivity contribution in [1.82, 2.24) is 4.57 Å². The van der Waals surface area contributed by atoms with Crippen molar-refractivity contribution in [2.75, 3.05) is 4.90 Å². The molecule has 2 heteroatoms. The van der Waals surface area contributed by atoms with Crippen LogP contribution in [-0.4, -0.2) is 4.57 Å². The number of nitrogens with zero attached hydrogens (tertiary/aromatic N) is 2. The molecule has 1 heterocycles. The largest absolute Gasteiger partial charge is 0.311 e. The Balaban J connectivity index is 0.893. The van der Waals surface area contributed by atoms with Crippen molar-refractivity contribution in [3.63, 3.8) is 0 Å². The maximum Gasteiger partial charge on any atom is 0.0619 e. The van der Waals surface area contributed by atoms with Gasteiger partial charge in [-0.2, -0.15) is 0 Å². The molecule has 0 spiro atoms. The van der Waals surface area contributed by atoms with E-state index in [2.05, 4.69) is 264 Å². The normalized spacial score (nSPS) is 11.6. The highest BCUT2D eigenvalue weighted by Crippen LogP contribution is 2.41. The quantitative estimate of drug-likeness (QED) is 0.145. The van der Waals surface area contributed by atoms with Crippen LogP contribution in [0.15, 0.2) is 255 Å². The van der Waals surface area contributed by atoms with Crippen molar-refractivity contribution in [2.45, 2.75) is 0 Å². The van der Waals surface area contributed by atoms with Crippen LogP contribution in [0.5, 0.6) is 0 Å². The smallest absolute Gasteiger partial charge is 0.0619 e. The molecule has 0 aliphatic heterocycles. The van der Waals surface area contributed by atoms with Gasteiger partial charge in [-0.05, 0) is 138 Å². The number of rotatable bonds is 7. The van der Waals surface area contributed by atoms with Crippen LogP contribution in [0, 0.1) is 0 Å². The van der Waals surface area contributed by atoms with Crippen molar-refractivity contribution in [2.24, 2.45) is 0 Å². The Bertz CT molecular complexity index is 3960. The lowest BCUT2D eigenvalue weighted by Gasteiger charge is -2.26. The van der Waals surface area contributed by atoms with E-state index in [1.165, 1.54) is 98.3 Å². The molecule has 13 rings (SSSR count). The molecule has 0 bridgehead atoms. The highest BCUT2D eigenvalue weighted by molar-refractivity contribution is 6.19. The zero-order valence-corrected chi connectivity index (χ0v) is 36.1. The molecule has 0 atom stereocenters. The van der Waals surface area contributed by atoms with Crippen LogP contribution in [0.1, 0.15) is 0 Å². The minimum absolute atomic E-state index is 1.09. The summed E-state index contributed by atoms with van der Waals surface area (Å²) in [7, 11) is 0. The molecule has 0 saturated heterocycles. The van der Waals surface area contributed by atoms with Gasteiger partial charge in [-0.15, -0.1) is 0 Å². The zero-order valence-electron chi connectivity index (χ0n) is 36.1. The molecular weight excluding hydrogens is 797 g/mol. The first-order chi connectivity index (χ1) is 32.7. The van der Waals surface area contributed by atoms with E-state index in [0.717, 1.165) is 22.7 Å². The summed E-state index contributed by atoms with van der Waals surface area (Å²) in [4.78, 5) is 2.37. The second kappa shape index (κ2) is 15.5. The third-order valence-electron chi connectivity index (χ3n) is 13.5. The molecule has 66 heavy (non-hydrogen) atoms. The Morgan fingerprint density at radius 2 is 0.652 bits per heavy atom. The number of benzene rings is 12. The van der Waals surface area contributed by atoms with Gasteiger partial charge in [-0.1, -0.05) is 188 Å². The van der Waals surface area contributed by atoms with Gasteiger partial charge in [-0.3, -0.25) is 0 Å². The summed E-state index contributed by atoms with van der Waals surface area (Å²) in [5, 5.41) is 12.6. The second-order valence-electron chi connectivity index (χ2n) is 17.3. The molecule has 0 amide bonds. The third kappa shape index (κ3) is 6.42. The van der Waals surface area contributed by atoms with Gasteiger partial charge in [0, 0.05) is 38.9 Å². The van der Waals surface area contributed by atoms with Gasteiger partial charge < -0.3 is 9.47 Å². The first-order valence-electron chi connectivity index (χ1n) is 22.7. The van der Waals surface area contributed by atoms with Gasteiger partial charge >= 0.3 is 0 Å². The van der Waals surface area contributed by atoms with Crippen molar-refractivity contribution in [1.29, 1.82) is 0 Å². The van der Waals surface area contributed by atoms with Crippen LogP contribution in [0.2, 0.25) is 0 Å². The Morgan fingerprint density at radius 3 is 1.30 bits per heavy atom. The van der Waals surface area contributed by atoms with Gasteiger partial charge in [0.05, 0.1) is 11.0 Å². The molecule has 12 aromatic carbocycles. The topological polar surface area (TPSA) is 8.17 Å². The predicted molar refractivity (Wildman–Crippen MR) is 282 cm³/mol. The Hall–Kier alpha value is -8.72. The number of hydrogen-bond acceptors (Lipinski definition) is 1. The lowest BCUT2D eigenvalue weighted by atomic mass is 9.97. The second-order valence-corrected chi connectivity index (χ2v) is 17.3. The number of fused-ring (bicyclic) bond motifs is 9. The number of anilines is 3. The molecule has 0 fully saturated rings. The Morgan fingerprint density at radius 1 is 0.242 bits per heavy atom. The van der Waals surface area contributed by atoms with E-state index < -0.39 is 0 Å². The fraction of sp³-hybridized carbons (Fsp3) is 0. The highest BCUT2D eigenvalue weighted by Gasteiger charge is 2.18. The number of hydrogen-bond donors (Lipinski definition) is 0. The summed E-state index contributed by atoms with van der Waals surface area (Å²) < 4.78 is 2.44. The summed E-state index contributed by atoms with van der Waals surface area (Å²) in [5.41, 5.74) is 14.0. The van der Waals surface area contributed by atoms with Gasteiger partial charge in [0.1, 0.15) is 0 Å². The van der Waals surface area contributed by atoms with Gasteiger partial charge in [0.15, 0.2) is 0 Å². The van der Waals surface area contributed by atoms with Crippen molar-refractivity contribution >= 4 is 82.0 Å². The van der Waals surface area contributed by atoms with E-state index in [4.69, 9.17) is 0 Å². The molecule has 1 aromatic heterocycles. The zero-order chi connectivity index (χ0) is 43.6. The monoisotopic (exact) mass is 838 g/mol. The Labute approximate surface area is 383 Å². The lowest BCUT2D eigenvalue weighted by Crippen LogP contribution is -2.09. The van der Waals surface area contributed by atoms with Gasteiger partial charge in [-0.25, -0.2) is 0 Å². The number of aromatic nitrogens is 1. The fourth-order valence-electron chi connectivity index (χ4n) is 10.2. The van der Waals surface area contributed by atoms with Gasteiger partial charge in [0.25, 0.3) is 0 Å². The maximum atomic E-state index is 2.44. The molecule has 308 valence electrons. The average Bonchev–Trinajstić information content (AvgIpc) is 3.73. The van der Waals surface area contributed by atoms with Crippen LogP contribution in [0.25, 0.3) is 104 Å². The Kier molecular flexibility index (Phi) is 8.89. The first-order valence-corrected chi connectivity index (χ1v) is 22.7. The molecule has 0 unspecified atom stereocenters. The third-order valence-corrected chi connectivity index (χ3v) is 13.5. The molecule has 13 aromatic rings. The van der Waals surface area contributed by atoms with Crippen LogP contribution in [0.4, 0.5) is 17.1 Å². The molecule has 2 nitrogen and oxygen atoms in total. The molecule has 0 saturated carbocycles. The molecule has 0 aliphatic rings. The minimum Gasteiger partial charge on any atom is -0.311 e. The van der Waals surface area contributed by atoms with E-state index in [1.54, 1.807) is 0 Å². The van der Waals surface area contributed by atoms with E-state index >= 15 is 0 Å². The van der Waals surface area contributed by atoms with Crippen LogP contribution in [-0.2, 0) is 0 Å².